The topological polar surface area (TPSA) is 107 Å². The number of rotatable bonds is 19. The zero-order valence-corrected chi connectivity index (χ0v) is 20.9. The molecule has 0 spiro atoms. The van der Waals surface area contributed by atoms with Gasteiger partial charge in [0.05, 0.1) is 0 Å². The Hall–Kier alpha value is 0.114. The van der Waals surface area contributed by atoms with Gasteiger partial charge in [0.1, 0.15) is 0 Å². The van der Waals surface area contributed by atoms with E-state index in [0.29, 0.717) is 0 Å². The second-order valence-electron chi connectivity index (χ2n) is 7.26. The van der Waals surface area contributed by atoms with E-state index in [2.05, 4.69) is 0 Å². The van der Waals surface area contributed by atoms with Gasteiger partial charge in [-0.3, -0.25) is 0 Å². The molecule has 0 saturated heterocycles. The maximum atomic E-state index is 6.84. The summed E-state index contributed by atoms with van der Waals surface area (Å²) < 4.78 is 33.2. The Bertz CT molecular complexity index is 343. The first-order chi connectivity index (χ1) is 13.3. The molecule has 0 unspecified atom stereocenters. The van der Waals surface area contributed by atoms with Gasteiger partial charge in [-0.25, -0.2) is 0 Å². The van der Waals surface area contributed by atoms with Gasteiger partial charge in [-0.1, -0.05) is 12.8 Å². The Morgan fingerprint density at radius 3 is 1.25 bits per heavy atom. The van der Waals surface area contributed by atoms with Gasteiger partial charge in [0, 0.05) is 60.3 Å². The average molecular weight is 441 g/mol. The molecule has 0 aliphatic carbocycles. The molecular weight excluding hydrogens is 396 g/mol. The highest BCUT2D eigenvalue weighted by atomic mass is 28.4. The van der Waals surface area contributed by atoms with Crippen LogP contribution in [-0.4, -0.2) is 72.4 Å². The van der Waals surface area contributed by atoms with Crippen LogP contribution in [0.2, 0.25) is 12.1 Å². The third-order valence-corrected chi connectivity index (χ3v) is 11.2. The van der Waals surface area contributed by atoms with E-state index in [1.165, 1.54) is 0 Å². The molecule has 0 aromatic heterocycles. The van der Waals surface area contributed by atoms with Crippen LogP contribution in [0.25, 0.3) is 0 Å². The lowest BCUT2D eigenvalue weighted by molar-refractivity contribution is 0.120. The van der Waals surface area contributed by atoms with Crippen molar-refractivity contribution >= 4 is 17.6 Å². The van der Waals surface area contributed by atoms with E-state index in [0.717, 1.165) is 70.0 Å². The minimum absolute atomic E-state index is 0.251. The summed E-state index contributed by atoms with van der Waals surface area (Å²) in [5.41, 5.74) is 12.2. The quantitative estimate of drug-likeness (QED) is 0.233. The first kappa shape index (κ1) is 28.1. The van der Waals surface area contributed by atoms with Gasteiger partial charge in [0.2, 0.25) is 0 Å². The summed E-state index contributed by atoms with van der Waals surface area (Å²) in [5.74, 6) is 0. The molecule has 0 atom stereocenters. The third-order valence-electron chi connectivity index (χ3n) is 5.56. The van der Waals surface area contributed by atoms with Crippen molar-refractivity contribution in [2.45, 2.75) is 69.0 Å². The van der Waals surface area contributed by atoms with Crippen LogP contribution < -0.4 is 11.5 Å². The van der Waals surface area contributed by atoms with Crippen molar-refractivity contribution in [1.82, 2.24) is 0 Å². The number of hydrogen-bond acceptors (Lipinski definition) is 8. The lowest BCUT2D eigenvalue weighted by atomic mass is 9.84. The molecule has 170 valence electrons. The average Bonchev–Trinajstić information content (AvgIpc) is 2.73. The Balaban J connectivity index is 4.82. The molecule has 0 aromatic carbocycles. The molecule has 8 nitrogen and oxygen atoms in total. The molecule has 0 aliphatic rings. The summed E-state index contributed by atoms with van der Waals surface area (Å²) in [6, 6.07) is 1.51. The monoisotopic (exact) mass is 440 g/mol. The lowest BCUT2D eigenvalue weighted by Gasteiger charge is -2.33. The van der Waals surface area contributed by atoms with E-state index >= 15 is 0 Å². The van der Waals surface area contributed by atoms with Crippen molar-refractivity contribution < 1.29 is 26.6 Å². The van der Waals surface area contributed by atoms with Crippen molar-refractivity contribution in [3.05, 3.63) is 0 Å². The van der Waals surface area contributed by atoms with E-state index in [1.807, 2.05) is 0 Å². The second-order valence-corrected chi connectivity index (χ2v) is 13.4. The van der Waals surface area contributed by atoms with Crippen LogP contribution in [0.1, 0.15) is 51.4 Å². The fourth-order valence-corrected chi connectivity index (χ4v) is 7.04. The van der Waals surface area contributed by atoms with Crippen LogP contribution in [-0.2, 0) is 26.6 Å². The van der Waals surface area contributed by atoms with Crippen molar-refractivity contribution in [2.75, 3.05) is 49.2 Å². The smallest absolute Gasteiger partial charge is 0.377 e. The van der Waals surface area contributed by atoms with Gasteiger partial charge < -0.3 is 38.0 Å². The standard InChI is InChI=1S/C18H44N2O6Si2/c1-21-27(22-2,23-3)16-10-13-18(20,12-8-7-9-15-19)14-11-17-28(24-4,25-5)26-6/h7-17,19-20H2,1-6H3. The summed E-state index contributed by atoms with van der Waals surface area (Å²) >= 11 is 0. The highest BCUT2D eigenvalue weighted by Gasteiger charge is 2.40. The molecule has 0 heterocycles. The van der Waals surface area contributed by atoms with Crippen LogP contribution in [0.15, 0.2) is 0 Å². The Morgan fingerprint density at radius 2 is 0.929 bits per heavy atom. The summed E-state index contributed by atoms with van der Waals surface area (Å²) in [5, 5.41) is 0. The summed E-state index contributed by atoms with van der Waals surface area (Å²) in [6.45, 7) is 0.727. The molecule has 0 aromatic rings. The SMILES string of the molecule is CO[Si](CCCC(N)(CCCCCN)CCC[Si](OC)(OC)OC)(OC)OC. The Labute approximate surface area is 174 Å². The van der Waals surface area contributed by atoms with Crippen molar-refractivity contribution in [2.24, 2.45) is 11.5 Å². The third kappa shape index (κ3) is 9.74. The first-order valence-electron chi connectivity index (χ1n) is 10.1. The molecular formula is C18H44N2O6Si2. The molecule has 0 radical (unpaired) electrons. The van der Waals surface area contributed by atoms with Crippen LogP contribution in [0.4, 0.5) is 0 Å². The van der Waals surface area contributed by atoms with E-state index in [9.17, 15) is 0 Å². The largest absolute Gasteiger partial charge is 0.500 e. The van der Waals surface area contributed by atoms with E-state index < -0.39 is 17.6 Å². The molecule has 28 heavy (non-hydrogen) atoms. The van der Waals surface area contributed by atoms with Crippen LogP contribution in [0.3, 0.4) is 0 Å². The Kier molecular flexibility index (Phi) is 15.1. The first-order valence-corrected chi connectivity index (χ1v) is 14.0. The minimum Gasteiger partial charge on any atom is -0.377 e. The molecule has 10 heteroatoms. The second kappa shape index (κ2) is 15.0. The normalized spacial score (nSPS) is 13.3. The van der Waals surface area contributed by atoms with Gasteiger partial charge in [-0.05, 0) is 45.1 Å². The fraction of sp³-hybridized carbons (Fsp3) is 1.00. The number of unbranched alkanes of at least 4 members (excludes halogenated alkanes) is 2. The number of nitrogens with two attached hydrogens (primary N) is 2. The van der Waals surface area contributed by atoms with Gasteiger partial charge >= 0.3 is 17.6 Å². The highest BCUT2D eigenvalue weighted by molar-refractivity contribution is 6.60. The molecule has 0 rings (SSSR count). The summed E-state index contributed by atoms with van der Waals surface area (Å²) in [6.07, 6.45) is 7.77. The molecule has 0 fully saturated rings. The van der Waals surface area contributed by atoms with E-state index in [4.69, 9.17) is 38.0 Å². The summed E-state index contributed by atoms with van der Waals surface area (Å²) in [7, 11) is 4.74. The maximum absolute atomic E-state index is 6.84. The van der Waals surface area contributed by atoms with E-state index in [-0.39, 0.29) is 5.54 Å². The highest BCUT2D eigenvalue weighted by Crippen LogP contribution is 2.29. The molecule has 0 aliphatic heterocycles. The van der Waals surface area contributed by atoms with Gasteiger partial charge in [-0.15, -0.1) is 0 Å². The van der Waals surface area contributed by atoms with Crippen molar-refractivity contribution in [3.63, 3.8) is 0 Å². The fourth-order valence-electron chi connectivity index (χ4n) is 3.60. The molecule has 0 saturated carbocycles. The van der Waals surface area contributed by atoms with Crippen LogP contribution >= 0.6 is 0 Å². The zero-order valence-electron chi connectivity index (χ0n) is 18.9. The summed E-state index contributed by atoms with van der Waals surface area (Å²) in [4.78, 5) is 0. The predicted octanol–water partition coefficient (Wildman–Crippen LogP) is 2.52. The van der Waals surface area contributed by atoms with Gasteiger partial charge in [-0.2, -0.15) is 0 Å². The van der Waals surface area contributed by atoms with E-state index in [1.54, 1.807) is 42.7 Å². The van der Waals surface area contributed by atoms with Crippen LogP contribution in [0.5, 0.6) is 0 Å². The number of hydrogen-bond donors (Lipinski definition) is 2. The minimum atomic E-state index is -2.56. The van der Waals surface area contributed by atoms with Crippen LogP contribution in [0, 0.1) is 0 Å². The predicted molar refractivity (Wildman–Crippen MR) is 116 cm³/mol. The molecule has 4 N–H and O–H groups in total. The lowest BCUT2D eigenvalue weighted by Crippen LogP contribution is -2.45. The van der Waals surface area contributed by atoms with Gasteiger partial charge in [0.25, 0.3) is 0 Å². The Morgan fingerprint density at radius 1 is 0.571 bits per heavy atom. The van der Waals surface area contributed by atoms with Crippen molar-refractivity contribution in [3.8, 4) is 0 Å². The van der Waals surface area contributed by atoms with Gasteiger partial charge in [0.15, 0.2) is 0 Å². The molecule has 0 amide bonds. The van der Waals surface area contributed by atoms with Crippen molar-refractivity contribution in [1.29, 1.82) is 0 Å². The molecule has 0 bridgehead atoms. The zero-order chi connectivity index (χ0) is 21.5. The maximum Gasteiger partial charge on any atom is 0.500 e.